The maximum absolute atomic E-state index is 12.8. The van der Waals surface area contributed by atoms with Crippen LogP contribution in [0.5, 0.6) is 0 Å². The van der Waals surface area contributed by atoms with Crippen LogP contribution in [0.25, 0.3) is 0 Å². The molecule has 0 saturated heterocycles. The van der Waals surface area contributed by atoms with Crippen molar-refractivity contribution in [2.45, 2.75) is 32.4 Å². The number of rotatable bonds is 7. The van der Waals surface area contributed by atoms with Gasteiger partial charge in [-0.25, -0.2) is 0 Å². The number of guanidine groups is 1. The molecule has 0 heterocycles. The standard InChI is InChI=1S/C18H26F3N3O2.HI/c1-12(14-6-5-7-15(10-14)18(19,20)21)8-9-23-17(22-3)24-11-13(2)16(25)26-4;/h5-7,10,12-13H,8-9,11H2,1-4H3,(H2,22,23,24);1H. The minimum absolute atomic E-state index is 0. The summed E-state index contributed by atoms with van der Waals surface area (Å²) in [4.78, 5) is 15.4. The Labute approximate surface area is 175 Å². The Morgan fingerprint density at radius 3 is 2.48 bits per heavy atom. The van der Waals surface area contributed by atoms with Gasteiger partial charge in [-0.05, 0) is 24.0 Å². The number of hydrogen-bond acceptors (Lipinski definition) is 3. The fourth-order valence-corrected chi connectivity index (χ4v) is 2.35. The van der Waals surface area contributed by atoms with Crippen LogP contribution in [0.1, 0.15) is 37.3 Å². The summed E-state index contributed by atoms with van der Waals surface area (Å²) >= 11 is 0. The minimum Gasteiger partial charge on any atom is -0.469 e. The van der Waals surface area contributed by atoms with Crippen LogP contribution in [0.15, 0.2) is 29.3 Å². The third-order valence-corrected chi connectivity index (χ3v) is 4.06. The molecule has 0 aliphatic carbocycles. The predicted octanol–water partition coefficient (Wildman–Crippen LogP) is 3.79. The van der Waals surface area contributed by atoms with E-state index in [1.165, 1.54) is 19.2 Å². The highest BCUT2D eigenvalue weighted by Crippen LogP contribution is 2.31. The molecule has 0 fully saturated rings. The monoisotopic (exact) mass is 501 g/mol. The van der Waals surface area contributed by atoms with Gasteiger partial charge >= 0.3 is 12.1 Å². The Kier molecular flexibility index (Phi) is 11.4. The van der Waals surface area contributed by atoms with Crippen molar-refractivity contribution in [1.82, 2.24) is 10.6 Å². The molecule has 1 aromatic carbocycles. The zero-order chi connectivity index (χ0) is 19.7. The van der Waals surface area contributed by atoms with E-state index in [-0.39, 0.29) is 41.8 Å². The maximum Gasteiger partial charge on any atom is 0.416 e. The molecule has 0 spiro atoms. The van der Waals surface area contributed by atoms with Gasteiger partial charge in [0, 0.05) is 20.1 Å². The predicted molar refractivity (Wildman–Crippen MR) is 110 cm³/mol. The number of carbonyl (C=O) groups excluding carboxylic acids is 1. The van der Waals surface area contributed by atoms with Gasteiger partial charge in [0.1, 0.15) is 0 Å². The van der Waals surface area contributed by atoms with Crippen LogP contribution < -0.4 is 10.6 Å². The number of ether oxygens (including phenoxy) is 1. The van der Waals surface area contributed by atoms with E-state index in [1.807, 2.05) is 6.92 Å². The van der Waals surface area contributed by atoms with Gasteiger partial charge in [-0.15, -0.1) is 24.0 Å². The number of aliphatic imine (C=N–C) groups is 1. The number of nitrogens with zero attached hydrogens (tertiary/aromatic N) is 1. The molecule has 2 N–H and O–H groups in total. The molecule has 0 saturated carbocycles. The first-order valence-electron chi connectivity index (χ1n) is 8.38. The van der Waals surface area contributed by atoms with Gasteiger partial charge in [-0.1, -0.05) is 32.0 Å². The lowest BCUT2D eigenvalue weighted by molar-refractivity contribution is -0.144. The Bertz CT molecular complexity index is 624. The van der Waals surface area contributed by atoms with Gasteiger partial charge in [0.2, 0.25) is 0 Å². The number of esters is 1. The summed E-state index contributed by atoms with van der Waals surface area (Å²) in [5.41, 5.74) is 0.00738. The molecular formula is C18H27F3IN3O2. The summed E-state index contributed by atoms with van der Waals surface area (Å²) in [6, 6.07) is 5.39. The van der Waals surface area contributed by atoms with Crippen LogP contribution in [0.2, 0.25) is 0 Å². The van der Waals surface area contributed by atoms with Gasteiger partial charge in [0.15, 0.2) is 5.96 Å². The van der Waals surface area contributed by atoms with E-state index in [0.717, 1.165) is 6.07 Å². The van der Waals surface area contributed by atoms with E-state index in [9.17, 15) is 18.0 Å². The third-order valence-electron chi connectivity index (χ3n) is 4.06. The Morgan fingerprint density at radius 2 is 1.93 bits per heavy atom. The number of halogens is 4. The molecule has 0 aromatic heterocycles. The summed E-state index contributed by atoms with van der Waals surface area (Å²) in [6.45, 7) is 4.52. The molecule has 1 rings (SSSR count). The first-order valence-corrected chi connectivity index (χ1v) is 8.38. The van der Waals surface area contributed by atoms with Crippen LogP contribution in [0.3, 0.4) is 0 Å². The number of benzene rings is 1. The number of hydrogen-bond donors (Lipinski definition) is 2. The second kappa shape index (κ2) is 12.0. The quantitative estimate of drug-likeness (QED) is 0.259. The molecule has 5 nitrogen and oxygen atoms in total. The highest BCUT2D eigenvalue weighted by molar-refractivity contribution is 14.0. The Morgan fingerprint density at radius 1 is 1.26 bits per heavy atom. The van der Waals surface area contributed by atoms with E-state index in [0.29, 0.717) is 31.0 Å². The highest BCUT2D eigenvalue weighted by atomic mass is 127. The lowest BCUT2D eigenvalue weighted by atomic mass is 9.96. The zero-order valence-corrected chi connectivity index (χ0v) is 18.2. The van der Waals surface area contributed by atoms with Gasteiger partial charge in [-0.2, -0.15) is 13.2 Å². The zero-order valence-electron chi connectivity index (χ0n) is 15.9. The molecule has 9 heteroatoms. The fourth-order valence-electron chi connectivity index (χ4n) is 2.35. The van der Waals surface area contributed by atoms with E-state index < -0.39 is 11.7 Å². The lowest BCUT2D eigenvalue weighted by Crippen LogP contribution is -2.41. The van der Waals surface area contributed by atoms with Gasteiger partial charge < -0.3 is 15.4 Å². The summed E-state index contributed by atoms with van der Waals surface area (Å²) < 4.78 is 43.0. The van der Waals surface area contributed by atoms with Crippen LogP contribution in [0, 0.1) is 5.92 Å². The van der Waals surface area contributed by atoms with Crippen LogP contribution in [0.4, 0.5) is 13.2 Å². The molecule has 154 valence electrons. The second-order valence-corrected chi connectivity index (χ2v) is 6.12. The molecule has 27 heavy (non-hydrogen) atoms. The fraction of sp³-hybridized carbons (Fsp3) is 0.556. The molecule has 0 radical (unpaired) electrons. The normalized spacial score (nSPS) is 14.0. The average molecular weight is 501 g/mol. The first-order chi connectivity index (χ1) is 12.2. The smallest absolute Gasteiger partial charge is 0.416 e. The van der Waals surface area contributed by atoms with Crippen molar-refractivity contribution < 1.29 is 22.7 Å². The molecule has 2 unspecified atom stereocenters. The van der Waals surface area contributed by atoms with Crippen molar-refractivity contribution in [1.29, 1.82) is 0 Å². The van der Waals surface area contributed by atoms with Crippen LogP contribution in [-0.2, 0) is 15.7 Å². The van der Waals surface area contributed by atoms with Crippen molar-refractivity contribution in [3.63, 3.8) is 0 Å². The van der Waals surface area contributed by atoms with Crippen molar-refractivity contribution in [3.05, 3.63) is 35.4 Å². The summed E-state index contributed by atoms with van der Waals surface area (Å²) in [6.07, 6.45) is -3.70. The van der Waals surface area contributed by atoms with Gasteiger partial charge in [-0.3, -0.25) is 9.79 Å². The van der Waals surface area contributed by atoms with E-state index >= 15 is 0 Å². The Hall–Kier alpha value is -1.52. The van der Waals surface area contributed by atoms with Crippen LogP contribution >= 0.6 is 24.0 Å². The van der Waals surface area contributed by atoms with E-state index in [1.54, 1.807) is 20.0 Å². The molecule has 2 atom stereocenters. The number of alkyl halides is 3. The van der Waals surface area contributed by atoms with Crippen molar-refractivity contribution >= 4 is 35.9 Å². The molecular weight excluding hydrogens is 474 g/mol. The number of carbonyl (C=O) groups is 1. The lowest BCUT2D eigenvalue weighted by Gasteiger charge is -2.17. The summed E-state index contributed by atoms with van der Waals surface area (Å²) in [7, 11) is 2.94. The number of nitrogens with one attached hydrogen (secondary N) is 2. The average Bonchev–Trinajstić information content (AvgIpc) is 2.62. The van der Waals surface area contributed by atoms with Crippen LogP contribution in [-0.4, -0.2) is 39.2 Å². The minimum atomic E-state index is -4.34. The summed E-state index contributed by atoms with van der Waals surface area (Å²) in [5, 5.41) is 6.11. The maximum atomic E-state index is 12.8. The van der Waals surface area contributed by atoms with Crippen molar-refractivity contribution in [2.24, 2.45) is 10.9 Å². The molecule has 0 aliphatic rings. The number of methoxy groups -OCH3 is 1. The first kappa shape index (κ1) is 25.5. The molecule has 0 bridgehead atoms. The van der Waals surface area contributed by atoms with Crippen molar-refractivity contribution in [3.8, 4) is 0 Å². The molecule has 0 aliphatic heterocycles. The van der Waals surface area contributed by atoms with Gasteiger partial charge in [0.25, 0.3) is 0 Å². The topological polar surface area (TPSA) is 62.7 Å². The largest absolute Gasteiger partial charge is 0.469 e. The molecule has 0 amide bonds. The second-order valence-electron chi connectivity index (χ2n) is 6.12. The van der Waals surface area contributed by atoms with Gasteiger partial charge in [0.05, 0.1) is 18.6 Å². The van der Waals surface area contributed by atoms with Crippen molar-refractivity contribution in [2.75, 3.05) is 27.2 Å². The highest BCUT2D eigenvalue weighted by Gasteiger charge is 2.30. The molecule has 1 aromatic rings. The van der Waals surface area contributed by atoms with E-state index in [4.69, 9.17) is 0 Å². The Balaban J connectivity index is 0.00000676. The summed E-state index contributed by atoms with van der Waals surface area (Å²) in [5.74, 6) is -0.150. The van der Waals surface area contributed by atoms with E-state index in [2.05, 4.69) is 20.4 Å². The SMILES string of the molecule is CN=C(NCCC(C)c1cccc(C(F)(F)F)c1)NCC(C)C(=O)OC.I. The third kappa shape index (κ3) is 8.81.